The van der Waals surface area contributed by atoms with Crippen LogP contribution >= 0.6 is 0 Å². The number of aromatic nitrogens is 4. The summed E-state index contributed by atoms with van der Waals surface area (Å²) in [6.45, 7) is 1.07. The highest BCUT2D eigenvalue weighted by Crippen LogP contribution is 2.37. The molecule has 14 nitrogen and oxygen atoms in total. The number of fused-ring (bicyclic) bond motifs is 2. The molecule has 4 atom stereocenters. The van der Waals surface area contributed by atoms with Gasteiger partial charge in [0.05, 0.1) is 48.4 Å². The normalized spacial score (nSPS) is 17.8. The van der Waals surface area contributed by atoms with Gasteiger partial charge in [-0.15, -0.1) is 0 Å². The van der Waals surface area contributed by atoms with E-state index in [-0.39, 0.29) is 23.9 Å². The molecule has 2 aliphatic heterocycles. The van der Waals surface area contributed by atoms with Gasteiger partial charge < -0.3 is 39.9 Å². The number of aromatic amines is 2. The Balaban J connectivity index is 1.02. The van der Waals surface area contributed by atoms with E-state index >= 15 is 0 Å². The Morgan fingerprint density at radius 1 is 0.625 bits per heavy atom. The predicted octanol–water partition coefficient (Wildman–Crippen LogP) is 6.63. The Labute approximate surface area is 322 Å². The van der Waals surface area contributed by atoms with Gasteiger partial charge in [0.15, 0.2) is 0 Å². The molecule has 0 aliphatic carbocycles. The molecule has 2 aliphatic rings. The number of H-pyrrole nitrogens is 2. The minimum Gasteiger partial charge on any atom is -0.453 e. The number of carbonyl (C=O) groups is 4. The van der Waals surface area contributed by atoms with Crippen LogP contribution in [0.4, 0.5) is 9.59 Å². The van der Waals surface area contributed by atoms with Crippen LogP contribution in [0.15, 0.2) is 97.1 Å². The number of rotatable bonds is 9. The Hall–Kier alpha value is -6.70. The fourth-order valence-corrected chi connectivity index (χ4v) is 7.91. The molecule has 8 rings (SSSR count). The summed E-state index contributed by atoms with van der Waals surface area (Å²) in [6.07, 6.45) is 1.71. The summed E-state index contributed by atoms with van der Waals surface area (Å²) in [6, 6.07) is 28.0. The van der Waals surface area contributed by atoms with E-state index in [1.807, 2.05) is 97.1 Å². The second-order valence-corrected chi connectivity index (χ2v) is 14.0. The third-order valence-corrected chi connectivity index (χ3v) is 10.7. The Bertz CT molecular complexity index is 2230. The van der Waals surface area contributed by atoms with Crippen LogP contribution in [0.5, 0.6) is 0 Å². The number of benzene rings is 4. The first-order valence-electron chi connectivity index (χ1n) is 18.7. The number of likely N-dealkylation sites (tertiary alicyclic amines) is 2. The van der Waals surface area contributed by atoms with E-state index in [1.165, 1.54) is 14.2 Å². The van der Waals surface area contributed by atoms with Crippen molar-refractivity contribution in [1.29, 1.82) is 0 Å². The minimum atomic E-state index is -0.898. The molecule has 286 valence electrons. The molecule has 0 bridgehead atoms. The Kier molecular flexibility index (Phi) is 10.1. The number of hydrogen-bond acceptors (Lipinski definition) is 8. The van der Waals surface area contributed by atoms with E-state index < -0.39 is 24.3 Å². The molecule has 2 aromatic heterocycles. The van der Waals surface area contributed by atoms with Crippen LogP contribution in [0.3, 0.4) is 0 Å². The summed E-state index contributed by atoms with van der Waals surface area (Å²) in [5, 5.41) is 5.43. The fourth-order valence-electron chi connectivity index (χ4n) is 7.91. The van der Waals surface area contributed by atoms with E-state index in [0.29, 0.717) is 35.9 Å². The second-order valence-electron chi connectivity index (χ2n) is 14.0. The predicted molar refractivity (Wildman–Crippen MR) is 208 cm³/mol. The van der Waals surface area contributed by atoms with Crippen molar-refractivity contribution in [3.63, 3.8) is 0 Å². The number of nitrogens with zero attached hydrogens (tertiary/aromatic N) is 4. The van der Waals surface area contributed by atoms with E-state index in [2.05, 4.69) is 20.6 Å². The van der Waals surface area contributed by atoms with E-state index in [0.717, 1.165) is 58.9 Å². The molecule has 0 unspecified atom stereocenters. The van der Waals surface area contributed by atoms with Gasteiger partial charge >= 0.3 is 12.2 Å². The van der Waals surface area contributed by atoms with Crippen molar-refractivity contribution < 1.29 is 28.7 Å². The number of imidazole rings is 2. The van der Waals surface area contributed by atoms with Crippen LogP contribution in [0.1, 0.15) is 72.6 Å². The summed E-state index contributed by atoms with van der Waals surface area (Å²) >= 11 is 0. The summed E-state index contributed by atoms with van der Waals surface area (Å²) in [4.78, 5) is 72.8. The standard InChI is InChI=1S/C42H42N8O6/c1-55-41(53)47-35(25-11-5-3-6-12-25)39(51)49-21-9-15-33(49)37-43-29-19-17-27(23-31(29)45-37)28-18-20-30-32(24-28)46-38(44-30)34-16-10-22-50(34)40(52)36(48-42(54)56-2)26-13-7-4-8-14-26/h3-8,11-14,17-20,23-24,33-36H,9-10,15-16,21-22H2,1-2H3,(H,43,45)(H,44,46)(H,47,53)(H,48,54)/t33-,34-,35+,36+/m0/s1. The number of hydrogen-bond donors (Lipinski definition) is 4. The van der Waals surface area contributed by atoms with Crippen molar-refractivity contribution in [2.75, 3.05) is 27.3 Å². The summed E-state index contributed by atoms with van der Waals surface area (Å²) in [5.74, 6) is 0.924. The van der Waals surface area contributed by atoms with Gasteiger partial charge in [-0.25, -0.2) is 19.6 Å². The van der Waals surface area contributed by atoms with Gasteiger partial charge in [-0.3, -0.25) is 9.59 Å². The number of methoxy groups -OCH3 is 2. The summed E-state index contributed by atoms with van der Waals surface area (Å²) < 4.78 is 9.67. The van der Waals surface area contributed by atoms with Crippen LogP contribution in [0.25, 0.3) is 33.2 Å². The van der Waals surface area contributed by atoms with Gasteiger partial charge in [-0.2, -0.15) is 0 Å². The lowest BCUT2D eigenvalue weighted by molar-refractivity contribution is -0.135. The van der Waals surface area contributed by atoms with Crippen LogP contribution in [-0.2, 0) is 19.1 Å². The van der Waals surface area contributed by atoms with Gasteiger partial charge in [0.1, 0.15) is 23.7 Å². The van der Waals surface area contributed by atoms with Crippen molar-refractivity contribution in [3.05, 3.63) is 120 Å². The molecule has 2 saturated heterocycles. The third kappa shape index (κ3) is 7.12. The highest BCUT2D eigenvalue weighted by Gasteiger charge is 2.38. The van der Waals surface area contributed by atoms with Gasteiger partial charge in [-0.05, 0) is 72.2 Å². The van der Waals surface area contributed by atoms with Crippen molar-refractivity contribution in [2.24, 2.45) is 0 Å². The van der Waals surface area contributed by atoms with Crippen molar-refractivity contribution in [2.45, 2.75) is 49.9 Å². The summed E-state index contributed by atoms with van der Waals surface area (Å²) in [7, 11) is 2.55. The highest BCUT2D eigenvalue weighted by molar-refractivity contribution is 5.90. The zero-order valence-electron chi connectivity index (χ0n) is 31.0. The van der Waals surface area contributed by atoms with Gasteiger partial charge in [0.25, 0.3) is 11.8 Å². The average molecular weight is 755 g/mol. The molecule has 56 heavy (non-hydrogen) atoms. The first-order chi connectivity index (χ1) is 27.3. The van der Waals surface area contributed by atoms with Crippen LogP contribution in [-0.4, -0.2) is 81.0 Å². The maximum absolute atomic E-state index is 14.0. The Morgan fingerprint density at radius 3 is 1.64 bits per heavy atom. The minimum absolute atomic E-state index is 0.226. The van der Waals surface area contributed by atoms with Crippen LogP contribution in [0, 0.1) is 0 Å². The lowest BCUT2D eigenvalue weighted by atomic mass is 10.0. The fraction of sp³-hybridized carbons (Fsp3) is 0.286. The number of ether oxygens (including phenoxy) is 2. The average Bonchev–Trinajstić information content (AvgIpc) is 4.07. The van der Waals surface area contributed by atoms with E-state index in [4.69, 9.17) is 19.4 Å². The van der Waals surface area contributed by atoms with Crippen LogP contribution in [0.2, 0.25) is 0 Å². The number of carbonyl (C=O) groups excluding carboxylic acids is 4. The smallest absolute Gasteiger partial charge is 0.407 e. The zero-order valence-corrected chi connectivity index (χ0v) is 31.0. The van der Waals surface area contributed by atoms with Gasteiger partial charge in [-0.1, -0.05) is 72.8 Å². The van der Waals surface area contributed by atoms with Crippen molar-refractivity contribution in [3.8, 4) is 11.1 Å². The number of nitrogens with one attached hydrogen (secondary N) is 4. The molecule has 4 aromatic carbocycles. The van der Waals surface area contributed by atoms with Crippen molar-refractivity contribution >= 4 is 46.1 Å². The second kappa shape index (κ2) is 15.6. The molecule has 4 N–H and O–H groups in total. The monoisotopic (exact) mass is 754 g/mol. The molecule has 2 fully saturated rings. The Morgan fingerprint density at radius 2 is 1.11 bits per heavy atom. The molecule has 0 spiro atoms. The number of amides is 4. The SMILES string of the molecule is COC(=O)N[C@@H](C(=O)N1CCC[C@H]1c1nc2cc(-c3ccc4nc([C@@H]5CCCN5C(=O)[C@H](NC(=O)OC)c5ccccc5)[nH]c4c3)ccc2[nH]1)c1ccccc1. The molecule has 0 saturated carbocycles. The maximum Gasteiger partial charge on any atom is 0.407 e. The molecule has 0 radical (unpaired) electrons. The van der Waals surface area contributed by atoms with E-state index in [1.54, 1.807) is 9.80 Å². The highest BCUT2D eigenvalue weighted by atomic mass is 16.5. The molecular weight excluding hydrogens is 713 g/mol. The van der Waals surface area contributed by atoms with Gasteiger partial charge in [0, 0.05) is 13.1 Å². The van der Waals surface area contributed by atoms with Crippen molar-refractivity contribution in [1.82, 2.24) is 40.4 Å². The van der Waals surface area contributed by atoms with E-state index in [9.17, 15) is 19.2 Å². The van der Waals surface area contributed by atoms with Crippen LogP contribution < -0.4 is 10.6 Å². The topological polar surface area (TPSA) is 175 Å². The lowest BCUT2D eigenvalue weighted by Crippen LogP contribution is -2.42. The molecule has 4 heterocycles. The third-order valence-electron chi connectivity index (χ3n) is 10.7. The zero-order chi connectivity index (χ0) is 38.8. The molecule has 4 amide bonds. The first kappa shape index (κ1) is 36.3. The lowest BCUT2D eigenvalue weighted by Gasteiger charge is -2.28. The quantitative estimate of drug-likeness (QED) is 0.127. The number of alkyl carbamates (subject to hydrolysis) is 2. The maximum atomic E-state index is 14.0. The van der Waals surface area contributed by atoms with Gasteiger partial charge in [0.2, 0.25) is 0 Å². The molecule has 6 aromatic rings. The summed E-state index contributed by atoms with van der Waals surface area (Å²) in [5.41, 5.74) is 6.48. The largest absolute Gasteiger partial charge is 0.453 e. The first-order valence-corrected chi connectivity index (χ1v) is 18.7. The molecule has 14 heteroatoms. The molecular formula is C42H42N8O6.